The summed E-state index contributed by atoms with van der Waals surface area (Å²) in [6, 6.07) is 0.194. The Kier molecular flexibility index (Phi) is 8.02. The molecule has 0 radical (unpaired) electrons. The molecule has 0 saturated carbocycles. The molecule has 1 heterocycles. The van der Waals surface area contributed by atoms with Crippen LogP contribution in [-0.4, -0.2) is 69.8 Å². The van der Waals surface area contributed by atoms with Crippen LogP contribution in [0, 0.1) is 0 Å². The Morgan fingerprint density at radius 1 is 1.20 bits per heavy atom. The van der Waals surface area contributed by atoms with Crippen LogP contribution in [0.4, 0.5) is 0 Å². The van der Waals surface area contributed by atoms with Gasteiger partial charge in [-0.2, -0.15) is 4.31 Å². The lowest BCUT2D eigenvalue weighted by molar-refractivity contribution is 0.156. The number of rotatable bonds is 9. The van der Waals surface area contributed by atoms with E-state index in [1.54, 1.807) is 11.4 Å². The van der Waals surface area contributed by atoms with E-state index in [9.17, 15) is 8.42 Å². The predicted molar refractivity (Wildman–Crippen MR) is 82.4 cm³/mol. The first-order chi connectivity index (χ1) is 9.49. The summed E-state index contributed by atoms with van der Waals surface area (Å²) >= 11 is 0. The van der Waals surface area contributed by atoms with E-state index in [2.05, 4.69) is 4.90 Å². The molecular formula is C14H30N2O3S. The SMILES string of the molecule is CCN(C1CCN(CCCCCOC)CC1)S(C)(=O)=O. The summed E-state index contributed by atoms with van der Waals surface area (Å²) in [6.45, 7) is 6.51. The fraction of sp³-hybridized carbons (Fsp3) is 1.00. The van der Waals surface area contributed by atoms with Crippen molar-refractivity contribution < 1.29 is 13.2 Å². The number of likely N-dealkylation sites (tertiary alicyclic amines) is 1. The smallest absolute Gasteiger partial charge is 0.211 e. The molecule has 1 aliphatic heterocycles. The second kappa shape index (κ2) is 8.97. The van der Waals surface area contributed by atoms with Crippen molar-refractivity contribution >= 4 is 10.0 Å². The van der Waals surface area contributed by atoms with Gasteiger partial charge in [-0.25, -0.2) is 8.42 Å². The van der Waals surface area contributed by atoms with E-state index in [4.69, 9.17) is 4.74 Å². The molecule has 0 aromatic rings. The van der Waals surface area contributed by atoms with E-state index in [0.717, 1.165) is 45.5 Å². The summed E-state index contributed by atoms with van der Waals surface area (Å²) in [4.78, 5) is 2.46. The summed E-state index contributed by atoms with van der Waals surface area (Å²) in [7, 11) is -1.32. The second-order valence-corrected chi connectivity index (χ2v) is 7.53. The van der Waals surface area contributed by atoms with Crippen LogP contribution in [0.15, 0.2) is 0 Å². The largest absolute Gasteiger partial charge is 0.385 e. The van der Waals surface area contributed by atoms with Gasteiger partial charge in [-0.15, -0.1) is 0 Å². The lowest BCUT2D eigenvalue weighted by atomic mass is 10.0. The molecule has 6 heteroatoms. The minimum absolute atomic E-state index is 0.194. The first-order valence-corrected chi connectivity index (χ1v) is 9.52. The van der Waals surface area contributed by atoms with E-state index in [0.29, 0.717) is 6.54 Å². The fourth-order valence-corrected chi connectivity index (χ4v) is 4.17. The molecule has 1 aliphatic rings. The van der Waals surface area contributed by atoms with E-state index >= 15 is 0 Å². The zero-order valence-electron chi connectivity index (χ0n) is 13.2. The first-order valence-electron chi connectivity index (χ1n) is 7.67. The number of sulfonamides is 1. The van der Waals surface area contributed by atoms with E-state index in [1.807, 2.05) is 6.92 Å². The van der Waals surface area contributed by atoms with Gasteiger partial charge >= 0.3 is 0 Å². The second-order valence-electron chi connectivity index (χ2n) is 5.59. The summed E-state index contributed by atoms with van der Waals surface area (Å²) < 4.78 is 30.1. The first kappa shape index (κ1) is 17.9. The topological polar surface area (TPSA) is 49.9 Å². The molecule has 0 unspecified atom stereocenters. The maximum Gasteiger partial charge on any atom is 0.211 e. The summed E-state index contributed by atoms with van der Waals surface area (Å²) in [5, 5.41) is 0. The van der Waals surface area contributed by atoms with Crippen LogP contribution in [0.3, 0.4) is 0 Å². The third kappa shape index (κ3) is 6.08. The number of hydrogen-bond acceptors (Lipinski definition) is 4. The number of piperidine rings is 1. The molecule has 0 aliphatic carbocycles. The number of hydrogen-bond donors (Lipinski definition) is 0. The number of unbranched alkanes of at least 4 members (excludes halogenated alkanes) is 2. The lowest BCUT2D eigenvalue weighted by Gasteiger charge is -2.36. The Balaban J connectivity index is 2.26. The van der Waals surface area contributed by atoms with Crippen molar-refractivity contribution in [3.8, 4) is 0 Å². The standard InChI is InChI=1S/C14H30N2O3S/c1-4-16(20(3,17)18)14-8-11-15(12-9-14)10-6-5-7-13-19-2/h14H,4-13H2,1-3H3. The van der Waals surface area contributed by atoms with Crippen LogP contribution >= 0.6 is 0 Å². The Morgan fingerprint density at radius 2 is 1.85 bits per heavy atom. The molecule has 0 bridgehead atoms. The monoisotopic (exact) mass is 306 g/mol. The third-order valence-corrected chi connectivity index (χ3v) is 5.43. The van der Waals surface area contributed by atoms with Gasteiger partial charge < -0.3 is 9.64 Å². The number of nitrogens with zero attached hydrogens (tertiary/aromatic N) is 2. The van der Waals surface area contributed by atoms with Crippen LogP contribution in [0.5, 0.6) is 0 Å². The highest BCUT2D eigenvalue weighted by atomic mass is 32.2. The maximum absolute atomic E-state index is 11.7. The maximum atomic E-state index is 11.7. The average molecular weight is 306 g/mol. The van der Waals surface area contributed by atoms with Gasteiger partial charge in [-0.1, -0.05) is 6.92 Å². The molecular weight excluding hydrogens is 276 g/mol. The number of ether oxygens (including phenoxy) is 1. The van der Waals surface area contributed by atoms with Crippen LogP contribution in [0.2, 0.25) is 0 Å². The van der Waals surface area contributed by atoms with Gasteiger partial charge in [-0.3, -0.25) is 0 Å². The minimum atomic E-state index is -3.06. The van der Waals surface area contributed by atoms with E-state index in [1.165, 1.54) is 19.1 Å². The van der Waals surface area contributed by atoms with Crippen LogP contribution < -0.4 is 0 Å². The highest BCUT2D eigenvalue weighted by molar-refractivity contribution is 7.88. The van der Waals surface area contributed by atoms with Crippen LogP contribution in [0.25, 0.3) is 0 Å². The van der Waals surface area contributed by atoms with Gasteiger partial charge in [0.15, 0.2) is 0 Å². The number of methoxy groups -OCH3 is 1. The molecule has 120 valence electrons. The van der Waals surface area contributed by atoms with Gasteiger partial charge in [0.25, 0.3) is 0 Å². The summed E-state index contributed by atoms with van der Waals surface area (Å²) in [6.07, 6.45) is 6.77. The highest BCUT2D eigenvalue weighted by Crippen LogP contribution is 2.19. The minimum Gasteiger partial charge on any atom is -0.385 e. The summed E-state index contributed by atoms with van der Waals surface area (Å²) in [5.41, 5.74) is 0. The Bertz CT molecular complexity index is 351. The zero-order valence-corrected chi connectivity index (χ0v) is 14.0. The Hall–Kier alpha value is -0.170. The quantitative estimate of drug-likeness (QED) is 0.607. The van der Waals surface area contributed by atoms with Gasteiger partial charge in [0.2, 0.25) is 10.0 Å². The highest BCUT2D eigenvalue weighted by Gasteiger charge is 2.28. The van der Waals surface area contributed by atoms with Crippen molar-refractivity contribution in [2.45, 2.75) is 45.1 Å². The van der Waals surface area contributed by atoms with Crippen molar-refractivity contribution in [2.24, 2.45) is 0 Å². The molecule has 5 nitrogen and oxygen atoms in total. The molecule has 1 rings (SSSR count). The van der Waals surface area contributed by atoms with Gasteiger partial charge in [0.1, 0.15) is 0 Å². The lowest BCUT2D eigenvalue weighted by Crippen LogP contribution is -2.47. The van der Waals surface area contributed by atoms with Crippen LogP contribution in [-0.2, 0) is 14.8 Å². The average Bonchev–Trinajstić information content (AvgIpc) is 2.39. The van der Waals surface area contributed by atoms with Crippen molar-refractivity contribution in [2.75, 3.05) is 46.2 Å². The molecule has 0 aromatic carbocycles. The van der Waals surface area contributed by atoms with E-state index in [-0.39, 0.29) is 6.04 Å². The molecule has 0 amide bonds. The molecule has 0 N–H and O–H groups in total. The van der Waals surface area contributed by atoms with Gasteiger partial charge in [0, 0.05) is 26.3 Å². The van der Waals surface area contributed by atoms with Crippen molar-refractivity contribution in [3.05, 3.63) is 0 Å². The van der Waals surface area contributed by atoms with Gasteiger partial charge in [-0.05, 0) is 51.7 Å². The fourth-order valence-electron chi connectivity index (χ4n) is 2.95. The van der Waals surface area contributed by atoms with Crippen molar-refractivity contribution in [1.29, 1.82) is 0 Å². The molecule has 0 atom stereocenters. The van der Waals surface area contributed by atoms with E-state index < -0.39 is 10.0 Å². The molecule has 0 spiro atoms. The Labute approximate surface area is 124 Å². The van der Waals surface area contributed by atoms with Crippen molar-refractivity contribution in [3.63, 3.8) is 0 Å². The van der Waals surface area contributed by atoms with Crippen molar-refractivity contribution in [1.82, 2.24) is 9.21 Å². The van der Waals surface area contributed by atoms with Gasteiger partial charge in [0.05, 0.1) is 6.26 Å². The zero-order chi connectivity index (χ0) is 15.0. The third-order valence-electron chi connectivity index (χ3n) is 4.02. The van der Waals surface area contributed by atoms with Crippen LogP contribution in [0.1, 0.15) is 39.0 Å². The normalized spacial score (nSPS) is 18.8. The molecule has 1 saturated heterocycles. The molecule has 20 heavy (non-hydrogen) atoms. The molecule has 0 aromatic heterocycles. The predicted octanol–water partition coefficient (Wildman–Crippen LogP) is 1.55. The summed E-state index contributed by atoms with van der Waals surface area (Å²) in [5.74, 6) is 0. The Morgan fingerprint density at radius 3 is 2.35 bits per heavy atom. The molecule has 1 fully saturated rings.